The molecule has 0 rings (SSSR count). The number of hydrogen-bond acceptors (Lipinski definition) is 3. The van der Waals surface area contributed by atoms with Gasteiger partial charge < -0.3 is 15.0 Å². The molecule has 0 aliphatic rings. The molecule has 0 saturated heterocycles. The number of rotatable bonds is 0. The van der Waals surface area contributed by atoms with Crippen LogP contribution in [0.4, 0.5) is 4.79 Å². The second-order valence-corrected chi connectivity index (χ2v) is 0.250. The minimum atomic E-state index is -2.33. The Morgan fingerprint density at radius 1 is 1.33 bits per heavy atom. The fourth-order valence-electron chi connectivity index (χ4n) is 0. The summed E-state index contributed by atoms with van der Waals surface area (Å²) < 4.78 is 0. The van der Waals surface area contributed by atoms with Gasteiger partial charge in [0.05, 0.1) is 0 Å². The van der Waals surface area contributed by atoms with Gasteiger partial charge in [0.15, 0.2) is 0 Å². The molecule has 0 aromatic heterocycles. The summed E-state index contributed by atoms with van der Waals surface area (Å²) in [6, 6.07) is 0. The Bertz CT molecular complexity index is 33.8. The van der Waals surface area contributed by atoms with E-state index in [4.69, 9.17) is 15.0 Å². The van der Waals surface area contributed by atoms with Gasteiger partial charge in [0.1, 0.15) is 0 Å². The van der Waals surface area contributed by atoms with E-state index in [1.165, 1.54) is 0 Å². The second kappa shape index (κ2) is 9.73. The van der Waals surface area contributed by atoms with Crippen molar-refractivity contribution < 1.29 is 44.6 Å². The van der Waals surface area contributed by atoms with Crippen molar-refractivity contribution in [3.05, 3.63) is 0 Å². The van der Waals surface area contributed by atoms with Crippen molar-refractivity contribution in [3.8, 4) is 0 Å². The zero-order chi connectivity index (χ0) is 3.58. The summed E-state index contributed by atoms with van der Waals surface area (Å²) in [4.78, 5) is 8.33. The molecule has 0 radical (unpaired) electrons. The van der Waals surface area contributed by atoms with Gasteiger partial charge in [-0.15, -0.1) is 0 Å². The third-order valence-electron chi connectivity index (χ3n) is 0. The van der Waals surface area contributed by atoms with Crippen LogP contribution in [0, 0.1) is 0 Å². The molecular weight excluding hydrogens is 123 g/mol. The summed E-state index contributed by atoms with van der Waals surface area (Å²) in [5, 5.41) is 16.7. The number of carbonyl (C=O) groups is 1. The maximum Gasteiger partial charge on any atom is 2.00 e. The van der Waals surface area contributed by atoms with Crippen molar-refractivity contribution in [1.29, 1.82) is 0 Å². The van der Waals surface area contributed by atoms with Crippen LogP contribution in [0.3, 0.4) is 0 Å². The zero-order valence-electron chi connectivity index (χ0n) is 3.43. The second-order valence-electron chi connectivity index (χ2n) is 0.250. The van der Waals surface area contributed by atoms with E-state index in [0.29, 0.717) is 0 Å². The van der Waals surface area contributed by atoms with E-state index in [1.807, 2.05) is 0 Å². The molecule has 0 aliphatic heterocycles. The molecule has 0 amide bonds. The molecule has 24 valence electrons. The number of hydrogen-bond donors (Lipinski definition) is 0. The van der Waals surface area contributed by atoms with Crippen molar-refractivity contribution in [2.75, 3.05) is 0 Å². The van der Waals surface area contributed by atoms with Crippen LogP contribution in [0.5, 0.6) is 0 Å². The molecule has 0 aromatic rings. The van der Waals surface area contributed by atoms with E-state index < -0.39 is 6.16 Å². The third kappa shape index (κ3) is 48.5. The normalized spacial score (nSPS) is 4.00. The number of carboxylic acid groups (broad SMARTS) is 2. The van der Waals surface area contributed by atoms with Crippen LogP contribution in [0.15, 0.2) is 0 Å². The summed E-state index contributed by atoms with van der Waals surface area (Å²) >= 11 is 0. The van der Waals surface area contributed by atoms with Crippen molar-refractivity contribution in [3.63, 3.8) is 0 Å². The monoisotopic (exact) mass is 123 g/mol. The molecule has 0 fully saturated rings. The van der Waals surface area contributed by atoms with E-state index in [9.17, 15) is 0 Å². The Labute approximate surface area is 87.0 Å². The molecular formula is CCaNaO3+. The van der Waals surface area contributed by atoms with Gasteiger partial charge >= 0.3 is 67.3 Å². The molecule has 0 saturated carbocycles. The van der Waals surface area contributed by atoms with E-state index in [-0.39, 0.29) is 67.3 Å². The van der Waals surface area contributed by atoms with Crippen molar-refractivity contribution in [2.24, 2.45) is 0 Å². The Kier molecular flexibility index (Phi) is 25.4. The average Bonchev–Trinajstić information content (AvgIpc) is 0.811. The first kappa shape index (κ1) is 15.6. The summed E-state index contributed by atoms with van der Waals surface area (Å²) in [6.45, 7) is 0. The number of carbonyl (C=O) groups excluding carboxylic acids is 1. The molecule has 6 heavy (non-hydrogen) atoms. The molecule has 0 heterocycles. The van der Waals surface area contributed by atoms with Crippen molar-refractivity contribution >= 4 is 43.9 Å². The van der Waals surface area contributed by atoms with Gasteiger partial charge in [-0.2, -0.15) is 0 Å². The van der Waals surface area contributed by atoms with Crippen LogP contribution in [0.25, 0.3) is 0 Å². The molecule has 0 bridgehead atoms. The van der Waals surface area contributed by atoms with Gasteiger partial charge in [-0.1, -0.05) is 0 Å². The van der Waals surface area contributed by atoms with Gasteiger partial charge in [0, 0.05) is 0 Å². The zero-order valence-corrected chi connectivity index (χ0v) is 7.64. The van der Waals surface area contributed by atoms with Gasteiger partial charge in [0.2, 0.25) is 0 Å². The van der Waals surface area contributed by atoms with Gasteiger partial charge in [-0.05, 0) is 6.16 Å². The standard InChI is InChI=1S/CH2O3.Ca.Na/c2-1(3)4;;/h(H2,2,3,4);;/q;+2;+1/p-2. The fraction of sp³-hybridized carbons (Fsp3) is 0. The molecule has 0 unspecified atom stereocenters. The first-order valence-electron chi connectivity index (χ1n) is 0.612. The largest absolute Gasteiger partial charge is 2.00 e. The molecule has 3 nitrogen and oxygen atoms in total. The van der Waals surface area contributed by atoms with Gasteiger partial charge in [-0.3, -0.25) is 0 Å². The maximum atomic E-state index is 8.33. The summed E-state index contributed by atoms with van der Waals surface area (Å²) in [6.07, 6.45) is -2.33. The van der Waals surface area contributed by atoms with Gasteiger partial charge in [-0.25, -0.2) is 0 Å². The topological polar surface area (TPSA) is 63.2 Å². The predicted octanol–water partition coefficient (Wildman–Crippen LogP) is -5.82. The van der Waals surface area contributed by atoms with E-state index in [0.717, 1.165) is 0 Å². The quantitative estimate of drug-likeness (QED) is 0.301. The van der Waals surface area contributed by atoms with Crippen LogP contribution >= 0.6 is 0 Å². The third-order valence-corrected chi connectivity index (χ3v) is 0. The molecule has 0 N–H and O–H groups in total. The Morgan fingerprint density at radius 2 is 1.33 bits per heavy atom. The van der Waals surface area contributed by atoms with Crippen LogP contribution in [0.1, 0.15) is 0 Å². The average molecular weight is 123 g/mol. The minimum absolute atomic E-state index is 0. The predicted molar refractivity (Wildman–Crippen MR) is 11.1 cm³/mol. The SMILES string of the molecule is O=C([O-])[O-].[Ca+2].[Na+]. The molecule has 0 aromatic carbocycles. The van der Waals surface area contributed by atoms with E-state index >= 15 is 0 Å². The first-order valence-corrected chi connectivity index (χ1v) is 0.612. The smallest absolute Gasteiger partial charge is 0.652 e. The van der Waals surface area contributed by atoms with E-state index in [1.54, 1.807) is 0 Å². The fourth-order valence-corrected chi connectivity index (χ4v) is 0. The molecule has 0 spiro atoms. The van der Waals surface area contributed by atoms with Crippen LogP contribution in [0.2, 0.25) is 0 Å². The Morgan fingerprint density at radius 3 is 1.33 bits per heavy atom. The van der Waals surface area contributed by atoms with Gasteiger partial charge in [0.25, 0.3) is 0 Å². The minimum Gasteiger partial charge on any atom is -0.652 e. The Hall–Kier alpha value is 1.53. The van der Waals surface area contributed by atoms with Crippen molar-refractivity contribution in [2.45, 2.75) is 0 Å². The molecule has 0 atom stereocenters. The van der Waals surface area contributed by atoms with Crippen LogP contribution in [-0.2, 0) is 0 Å². The summed E-state index contributed by atoms with van der Waals surface area (Å²) in [5.41, 5.74) is 0. The maximum absolute atomic E-state index is 8.33. The van der Waals surface area contributed by atoms with Crippen LogP contribution in [-0.4, -0.2) is 43.9 Å². The van der Waals surface area contributed by atoms with E-state index in [2.05, 4.69) is 0 Å². The summed E-state index contributed by atoms with van der Waals surface area (Å²) in [7, 11) is 0. The Balaban J connectivity index is -0.0000000450. The molecule has 5 heteroatoms. The van der Waals surface area contributed by atoms with Crippen LogP contribution < -0.4 is 39.8 Å². The summed E-state index contributed by atoms with van der Waals surface area (Å²) in [5.74, 6) is 0. The first-order chi connectivity index (χ1) is 1.73. The molecule has 0 aliphatic carbocycles. The van der Waals surface area contributed by atoms with Crippen molar-refractivity contribution in [1.82, 2.24) is 0 Å².